The summed E-state index contributed by atoms with van der Waals surface area (Å²) >= 11 is 3.06. The molecule has 0 radical (unpaired) electrons. The van der Waals surface area contributed by atoms with Gasteiger partial charge in [0, 0.05) is 12.1 Å². The fraction of sp³-hybridized carbons (Fsp3) is 0.188. The number of rotatable bonds is 5. The minimum atomic E-state index is -0.446. The summed E-state index contributed by atoms with van der Waals surface area (Å²) in [6.45, 7) is 0.489. The van der Waals surface area contributed by atoms with Gasteiger partial charge in [0.25, 0.3) is 5.91 Å². The van der Waals surface area contributed by atoms with Gasteiger partial charge in [-0.1, -0.05) is 12.1 Å². The van der Waals surface area contributed by atoms with Gasteiger partial charge in [-0.05, 0) is 58.2 Å². The van der Waals surface area contributed by atoms with Crippen LogP contribution >= 0.6 is 15.9 Å². The van der Waals surface area contributed by atoms with Crippen LogP contribution in [-0.2, 0) is 6.42 Å². The second kappa shape index (κ2) is 7.22. The van der Waals surface area contributed by atoms with Crippen molar-refractivity contribution in [2.45, 2.75) is 6.42 Å². The highest BCUT2D eigenvalue weighted by atomic mass is 79.9. The Morgan fingerprint density at radius 2 is 1.95 bits per heavy atom. The monoisotopic (exact) mass is 351 g/mol. The van der Waals surface area contributed by atoms with E-state index in [9.17, 15) is 9.18 Å². The maximum Gasteiger partial charge on any atom is 0.251 e. The molecule has 1 amide bonds. The van der Waals surface area contributed by atoms with Crippen molar-refractivity contribution in [1.29, 1.82) is 0 Å². The van der Waals surface area contributed by atoms with Crippen molar-refractivity contribution in [3.63, 3.8) is 0 Å². The van der Waals surface area contributed by atoms with Gasteiger partial charge in [-0.25, -0.2) is 4.39 Å². The Morgan fingerprint density at radius 1 is 1.24 bits per heavy atom. The highest BCUT2D eigenvalue weighted by molar-refractivity contribution is 9.10. The van der Waals surface area contributed by atoms with Crippen molar-refractivity contribution < 1.29 is 13.9 Å². The summed E-state index contributed by atoms with van der Waals surface area (Å²) in [5.41, 5.74) is 1.41. The van der Waals surface area contributed by atoms with Crippen molar-refractivity contribution in [2.24, 2.45) is 0 Å². The van der Waals surface area contributed by atoms with Gasteiger partial charge in [-0.3, -0.25) is 4.79 Å². The van der Waals surface area contributed by atoms with Gasteiger partial charge in [-0.2, -0.15) is 0 Å². The van der Waals surface area contributed by atoms with E-state index in [1.807, 2.05) is 24.3 Å². The molecule has 0 fully saturated rings. The van der Waals surface area contributed by atoms with Gasteiger partial charge in [0.05, 0.1) is 11.6 Å². The maximum atomic E-state index is 13.4. The minimum absolute atomic E-state index is 0.282. The van der Waals surface area contributed by atoms with Crippen LogP contribution < -0.4 is 10.1 Å². The Balaban J connectivity index is 1.87. The average molecular weight is 352 g/mol. The molecule has 0 aliphatic carbocycles. The number of methoxy groups -OCH3 is 1. The van der Waals surface area contributed by atoms with Crippen molar-refractivity contribution in [1.82, 2.24) is 5.32 Å². The molecule has 5 heteroatoms. The summed E-state index contributed by atoms with van der Waals surface area (Å²) in [5, 5.41) is 2.77. The van der Waals surface area contributed by atoms with Crippen LogP contribution in [0.4, 0.5) is 4.39 Å². The first-order valence-corrected chi connectivity index (χ1v) is 7.25. The van der Waals surface area contributed by atoms with Crippen LogP contribution in [0.3, 0.4) is 0 Å². The van der Waals surface area contributed by atoms with Crippen LogP contribution in [0.2, 0.25) is 0 Å². The molecule has 110 valence electrons. The Labute approximate surface area is 131 Å². The Hall–Kier alpha value is -1.88. The highest BCUT2D eigenvalue weighted by Crippen LogP contribution is 2.16. The average Bonchev–Trinajstić information content (AvgIpc) is 2.50. The van der Waals surface area contributed by atoms with Gasteiger partial charge in [-0.15, -0.1) is 0 Å². The van der Waals surface area contributed by atoms with Crippen molar-refractivity contribution in [3.8, 4) is 5.75 Å². The van der Waals surface area contributed by atoms with Crippen LogP contribution in [-0.4, -0.2) is 19.6 Å². The molecule has 0 heterocycles. The lowest BCUT2D eigenvalue weighted by Gasteiger charge is -2.07. The molecular formula is C16H15BrFNO2. The lowest BCUT2D eigenvalue weighted by Crippen LogP contribution is -2.25. The van der Waals surface area contributed by atoms with Crippen LogP contribution in [0.1, 0.15) is 15.9 Å². The lowest BCUT2D eigenvalue weighted by atomic mass is 10.1. The maximum absolute atomic E-state index is 13.4. The van der Waals surface area contributed by atoms with E-state index in [1.165, 1.54) is 12.1 Å². The molecule has 0 spiro atoms. The predicted octanol–water partition coefficient (Wildman–Crippen LogP) is 3.57. The molecule has 0 aliphatic rings. The third kappa shape index (κ3) is 4.29. The molecule has 0 saturated carbocycles. The summed E-state index contributed by atoms with van der Waals surface area (Å²) in [7, 11) is 1.62. The van der Waals surface area contributed by atoms with E-state index < -0.39 is 5.82 Å². The van der Waals surface area contributed by atoms with Gasteiger partial charge >= 0.3 is 0 Å². The standard InChI is InChI=1S/C16H15BrFNO2/c1-21-13-5-2-11(3-6-13)8-9-19-16(20)12-4-7-14(17)15(18)10-12/h2-7,10H,8-9H2,1H3,(H,19,20). The lowest BCUT2D eigenvalue weighted by molar-refractivity contribution is 0.0953. The first-order valence-electron chi connectivity index (χ1n) is 6.46. The van der Waals surface area contributed by atoms with E-state index in [0.717, 1.165) is 11.3 Å². The van der Waals surface area contributed by atoms with E-state index in [1.54, 1.807) is 13.2 Å². The number of carbonyl (C=O) groups excluding carboxylic acids is 1. The largest absolute Gasteiger partial charge is 0.497 e. The molecule has 0 bridgehead atoms. The summed E-state index contributed by atoms with van der Waals surface area (Å²) in [4.78, 5) is 11.9. The fourth-order valence-electron chi connectivity index (χ4n) is 1.85. The van der Waals surface area contributed by atoms with Crippen LogP contribution in [0.5, 0.6) is 5.75 Å². The summed E-state index contributed by atoms with van der Waals surface area (Å²) in [6.07, 6.45) is 0.703. The zero-order valence-electron chi connectivity index (χ0n) is 11.5. The third-order valence-electron chi connectivity index (χ3n) is 3.04. The molecule has 0 aromatic heterocycles. The van der Waals surface area contributed by atoms with E-state index in [-0.39, 0.29) is 5.91 Å². The number of nitrogens with one attached hydrogen (secondary N) is 1. The van der Waals surface area contributed by atoms with Crippen LogP contribution in [0, 0.1) is 5.82 Å². The SMILES string of the molecule is COc1ccc(CCNC(=O)c2ccc(Br)c(F)c2)cc1. The van der Waals surface area contributed by atoms with Gasteiger partial charge in [0.2, 0.25) is 0 Å². The number of benzene rings is 2. The van der Waals surface area contributed by atoms with Gasteiger partial charge < -0.3 is 10.1 Å². The van der Waals surface area contributed by atoms with Crippen molar-refractivity contribution in [2.75, 3.05) is 13.7 Å². The molecule has 2 rings (SSSR count). The summed E-state index contributed by atoms with van der Waals surface area (Å²) < 4.78 is 18.8. The number of hydrogen-bond donors (Lipinski definition) is 1. The Kier molecular flexibility index (Phi) is 5.33. The molecule has 1 N–H and O–H groups in total. The normalized spacial score (nSPS) is 10.2. The topological polar surface area (TPSA) is 38.3 Å². The summed E-state index contributed by atoms with van der Waals surface area (Å²) in [6, 6.07) is 12.0. The van der Waals surface area contributed by atoms with Crippen LogP contribution in [0.15, 0.2) is 46.9 Å². The number of carbonyl (C=O) groups is 1. The molecule has 2 aromatic carbocycles. The Bertz CT molecular complexity index is 629. The fourth-order valence-corrected chi connectivity index (χ4v) is 2.10. The molecule has 2 aromatic rings. The van der Waals surface area contributed by atoms with E-state index in [2.05, 4.69) is 21.2 Å². The second-order valence-corrected chi connectivity index (χ2v) is 5.34. The molecule has 0 atom stereocenters. The zero-order chi connectivity index (χ0) is 15.2. The molecule has 0 unspecified atom stereocenters. The van der Waals surface area contributed by atoms with Gasteiger partial charge in [0.15, 0.2) is 0 Å². The van der Waals surface area contributed by atoms with Crippen LogP contribution in [0.25, 0.3) is 0 Å². The number of amides is 1. The molecule has 3 nitrogen and oxygen atoms in total. The first-order chi connectivity index (χ1) is 10.1. The minimum Gasteiger partial charge on any atom is -0.497 e. The number of ether oxygens (including phenoxy) is 1. The molecule has 0 aliphatic heterocycles. The highest BCUT2D eigenvalue weighted by Gasteiger charge is 2.08. The second-order valence-electron chi connectivity index (χ2n) is 4.48. The third-order valence-corrected chi connectivity index (χ3v) is 3.68. The zero-order valence-corrected chi connectivity index (χ0v) is 13.1. The first kappa shape index (κ1) is 15.5. The van der Waals surface area contributed by atoms with Crippen molar-refractivity contribution in [3.05, 3.63) is 63.9 Å². The molecule has 0 saturated heterocycles. The van der Waals surface area contributed by atoms with E-state index in [4.69, 9.17) is 4.74 Å². The van der Waals surface area contributed by atoms with Gasteiger partial charge in [0.1, 0.15) is 11.6 Å². The van der Waals surface area contributed by atoms with E-state index >= 15 is 0 Å². The smallest absolute Gasteiger partial charge is 0.251 e. The number of hydrogen-bond acceptors (Lipinski definition) is 2. The van der Waals surface area contributed by atoms with Crippen molar-refractivity contribution >= 4 is 21.8 Å². The molecular weight excluding hydrogens is 337 g/mol. The van der Waals surface area contributed by atoms with E-state index in [0.29, 0.717) is 23.0 Å². The Morgan fingerprint density at radius 3 is 2.57 bits per heavy atom. The number of halogens is 2. The summed E-state index contributed by atoms with van der Waals surface area (Å²) in [5.74, 6) is 0.0702. The quantitative estimate of drug-likeness (QED) is 0.894. The predicted molar refractivity (Wildman–Crippen MR) is 83.1 cm³/mol. The molecule has 21 heavy (non-hydrogen) atoms.